The van der Waals surface area contributed by atoms with E-state index in [0.29, 0.717) is 16.8 Å². The molecule has 0 amide bonds. The van der Waals surface area contributed by atoms with Crippen LogP contribution in [0.4, 0.5) is 5.69 Å². The molecular formula is C45H25N5. The number of nitrogens with zero attached hydrogens (tertiary/aromatic N) is 5. The number of hydrogen-bond acceptors (Lipinski definition) is 2. The maximum atomic E-state index is 10.3. The second-order valence-electron chi connectivity index (χ2n) is 12.3. The fourth-order valence-electron chi connectivity index (χ4n) is 7.44. The fourth-order valence-corrected chi connectivity index (χ4v) is 7.44. The van der Waals surface area contributed by atoms with Crippen molar-refractivity contribution in [2.45, 2.75) is 0 Å². The monoisotopic (exact) mass is 635 g/mol. The highest BCUT2D eigenvalue weighted by Crippen LogP contribution is 2.42. The van der Waals surface area contributed by atoms with E-state index in [1.807, 2.05) is 66.7 Å². The van der Waals surface area contributed by atoms with E-state index in [1.165, 1.54) is 0 Å². The Balaban J connectivity index is 1.29. The topological polar surface area (TPSA) is 61.8 Å². The second-order valence-corrected chi connectivity index (χ2v) is 12.3. The standard InChI is InChI=1S/C45H25N5/c1-48-32-21-23-44-39(26-32)38-24-29(27-46)18-22-43(38)49(44)40-15-7-4-12-35(40)34-11-3-2-10-33(34)30-19-20-31(28-47)45(25-30)50-41-16-8-5-13-36(41)37-14-6-9-17-42(37)50/h2-26H. The lowest BCUT2D eigenvalue weighted by Crippen LogP contribution is -2.00. The van der Waals surface area contributed by atoms with Gasteiger partial charge in [-0.3, -0.25) is 0 Å². The molecular weight excluding hydrogens is 611 g/mol. The van der Waals surface area contributed by atoms with Crippen molar-refractivity contribution in [3.05, 3.63) is 174 Å². The number of aromatic nitrogens is 2. The third kappa shape index (κ3) is 4.31. The molecule has 5 heteroatoms. The first-order valence-corrected chi connectivity index (χ1v) is 16.3. The van der Waals surface area contributed by atoms with Crippen LogP contribution in [-0.2, 0) is 0 Å². The molecule has 50 heavy (non-hydrogen) atoms. The molecule has 9 aromatic rings. The molecule has 0 saturated carbocycles. The van der Waals surface area contributed by atoms with Crippen LogP contribution in [-0.4, -0.2) is 9.13 Å². The summed E-state index contributed by atoms with van der Waals surface area (Å²) in [5.74, 6) is 0. The zero-order chi connectivity index (χ0) is 33.8. The minimum Gasteiger partial charge on any atom is -0.309 e. The van der Waals surface area contributed by atoms with Crippen molar-refractivity contribution in [2.24, 2.45) is 0 Å². The molecule has 0 aliphatic rings. The lowest BCUT2D eigenvalue weighted by Gasteiger charge is -2.18. The third-order valence-electron chi connectivity index (χ3n) is 9.62. The van der Waals surface area contributed by atoms with E-state index in [9.17, 15) is 10.5 Å². The van der Waals surface area contributed by atoms with Gasteiger partial charge in [-0.25, -0.2) is 4.85 Å². The Morgan fingerprint density at radius 2 is 1.04 bits per heavy atom. The van der Waals surface area contributed by atoms with Crippen molar-refractivity contribution in [2.75, 3.05) is 0 Å². The summed E-state index contributed by atoms with van der Waals surface area (Å²) in [4.78, 5) is 3.69. The van der Waals surface area contributed by atoms with Crippen LogP contribution in [0.2, 0.25) is 0 Å². The van der Waals surface area contributed by atoms with Crippen LogP contribution in [0, 0.1) is 29.2 Å². The number of benzene rings is 7. The van der Waals surface area contributed by atoms with Gasteiger partial charge in [-0.15, -0.1) is 0 Å². The van der Waals surface area contributed by atoms with Crippen LogP contribution in [0.3, 0.4) is 0 Å². The molecule has 230 valence electrons. The van der Waals surface area contributed by atoms with Crippen LogP contribution in [0.1, 0.15) is 11.1 Å². The molecule has 5 nitrogen and oxygen atoms in total. The Morgan fingerprint density at radius 3 is 1.74 bits per heavy atom. The average molecular weight is 636 g/mol. The van der Waals surface area contributed by atoms with E-state index in [1.54, 1.807) is 0 Å². The van der Waals surface area contributed by atoms with E-state index in [0.717, 1.165) is 77.2 Å². The third-order valence-corrected chi connectivity index (χ3v) is 9.62. The van der Waals surface area contributed by atoms with Crippen molar-refractivity contribution < 1.29 is 0 Å². The number of rotatable bonds is 4. The molecule has 0 atom stereocenters. The quantitative estimate of drug-likeness (QED) is 0.181. The van der Waals surface area contributed by atoms with E-state index in [2.05, 4.69) is 111 Å². The predicted octanol–water partition coefficient (Wildman–Crippen LogP) is 11.5. The van der Waals surface area contributed by atoms with Gasteiger partial charge < -0.3 is 9.13 Å². The van der Waals surface area contributed by atoms with Gasteiger partial charge in [-0.2, -0.15) is 10.5 Å². The van der Waals surface area contributed by atoms with Crippen molar-refractivity contribution in [1.29, 1.82) is 10.5 Å². The van der Waals surface area contributed by atoms with Crippen molar-refractivity contribution >= 4 is 49.3 Å². The Labute approximate surface area is 288 Å². The Bertz CT molecular complexity index is 2850. The molecule has 2 aromatic heterocycles. The van der Waals surface area contributed by atoms with E-state index < -0.39 is 0 Å². The fraction of sp³-hybridized carbons (Fsp3) is 0. The van der Waals surface area contributed by atoms with E-state index >= 15 is 0 Å². The summed E-state index contributed by atoms with van der Waals surface area (Å²) in [6.07, 6.45) is 0. The summed E-state index contributed by atoms with van der Waals surface area (Å²) in [5.41, 5.74) is 11.7. The maximum absolute atomic E-state index is 10.3. The number of fused-ring (bicyclic) bond motifs is 6. The molecule has 0 aliphatic carbocycles. The first-order chi connectivity index (χ1) is 24.7. The summed E-state index contributed by atoms with van der Waals surface area (Å²) in [6.45, 7) is 7.64. The minimum absolute atomic E-state index is 0.553. The van der Waals surface area contributed by atoms with Gasteiger partial charge in [-0.1, -0.05) is 91.0 Å². The molecule has 0 saturated heterocycles. The van der Waals surface area contributed by atoms with Crippen LogP contribution in [0.5, 0.6) is 0 Å². The Kier molecular flexibility index (Phi) is 6.56. The number of para-hydroxylation sites is 3. The van der Waals surface area contributed by atoms with Gasteiger partial charge in [0.25, 0.3) is 0 Å². The van der Waals surface area contributed by atoms with Crippen LogP contribution in [0.15, 0.2) is 152 Å². The first kappa shape index (κ1) is 28.8. The first-order valence-electron chi connectivity index (χ1n) is 16.3. The molecule has 0 N–H and O–H groups in total. The summed E-state index contributed by atoms with van der Waals surface area (Å²) >= 11 is 0. The van der Waals surface area contributed by atoms with Gasteiger partial charge in [-0.05, 0) is 82.7 Å². The van der Waals surface area contributed by atoms with Gasteiger partial charge >= 0.3 is 0 Å². The molecule has 0 radical (unpaired) electrons. The van der Waals surface area contributed by atoms with E-state index in [-0.39, 0.29) is 0 Å². The molecule has 9 rings (SSSR count). The summed E-state index contributed by atoms with van der Waals surface area (Å²) < 4.78 is 4.43. The van der Waals surface area contributed by atoms with Crippen molar-refractivity contribution in [3.8, 4) is 45.8 Å². The molecule has 7 aromatic carbocycles. The number of hydrogen-bond donors (Lipinski definition) is 0. The van der Waals surface area contributed by atoms with Gasteiger partial charge in [0.05, 0.1) is 57.2 Å². The van der Waals surface area contributed by atoms with Gasteiger partial charge in [0, 0.05) is 21.7 Å². The SMILES string of the molecule is [C-]#[N+]c1ccc2c(c1)c1cc(C#N)ccc1n2-c1ccccc1-c1ccccc1-c1ccc(C#N)c(-n2c3ccccc3c3ccccc32)c1. The van der Waals surface area contributed by atoms with Crippen LogP contribution >= 0.6 is 0 Å². The predicted molar refractivity (Wildman–Crippen MR) is 202 cm³/mol. The zero-order valence-electron chi connectivity index (χ0n) is 26.7. The lowest BCUT2D eigenvalue weighted by atomic mass is 9.92. The highest BCUT2D eigenvalue weighted by atomic mass is 15.0. The smallest absolute Gasteiger partial charge is 0.188 e. The van der Waals surface area contributed by atoms with Gasteiger partial charge in [0.2, 0.25) is 0 Å². The number of nitriles is 2. The lowest BCUT2D eigenvalue weighted by molar-refractivity contribution is 1.17. The average Bonchev–Trinajstić information content (AvgIpc) is 3.69. The summed E-state index contributed by atoms with van der Waals surface area (Å²) in [6, 6.07) is 55.7. The molecule has 0 unspecified atom stereocenters. The zero-order valence-corrected chi connectivity index (χ0v) is 26.7. The largest absolute Gasteiger partial charge is 0.309 e. The van der Waals surface area contributed by atoms with Crippen LogP contribution in [0.25, 0.3) is 82.1 Å². The molecule has 2 heterocycles. The van der Waals surface area contributed by atoms with Gasteiger partial charge in [0.15, 0.2) is 5.69 Å². The Morgan fingerprint density at radius 1 is 0.460 bits per heavy atom. The highest BCUT2D eigenvalue weighted by molar-refractivity contribution is 6.12. The van der Waals surface area contributed by atoms with E-state index in [4.69, 9.17) is 6.57 Å². The molecule has 0 bridgehead atoms. The van der Waals surface area contributed by atoms with Crippen molar-refractivity contribution in [1.82, 2.24) is 9.13 Å². The Hall–Kier alpha value is -7.39. The van der Waals surface area contributed by atoms with Gasteiger partial charge in [0.1, 0.15) is 6.07 Å². The highest BCUT2D eigenvalue weighted by Gasteiger charge is 2.20. The minimum atomic E-state index is 0.553. The van der Waals surface area contributed by atoms with Crippen LogP contribution < -0.4 is 0 Å². The summed E-state index contributed by atoms with van der Waals surface area (Å²) in [7, 11) is 0. The normalized spacial score (nSPS) is 11.1. The second kappa shape index (κ2) is 11.4. The molecule has 0 aliphatic heterocycles. The molecule has 0 fully saturated rings. The van der Waals surface area contributed by atoms with Crippen molar-refractivity contribution in [3.63, 3.8) is 0 Å². The molecule has 0 spiro atoms. The summed E-state index contributed by atoms with van der Waals surface area (Å²) in [5, 5.41) is 24.2. The maximum Gasteiger partial charge on any atom is 0.188 e.